The van der Waals surface area contributed by atoms with E-state index in [2.05, 4.69) is 10.6 Å². The molecule has 0 atom stereocenters. The SMILES string of the molecule is CCOc1ccc(-c2nc3cc(NC(=O)OC(C)(C)C)ccc3c3ccc(NC(=O)OC(C)(C)C)cc23)cc1. The van der Waals surface area contributed by atoms with Gasteiger partial charge >= 0.3 is 12.2 Å². The van der Waals surface area contributed by atoms with Gasteiger partial charge in [-0.2, -0.15) is 0 Å². The molecule has 8 nitrogen and oxygen atoms in total. The van der Waals surface area contributed by atoms with Gasteiger partial charge in [-0.15, -0.1) is 0 Å². The van der Waals surface area contributed by atoms with Crippen LogP contribution >= 0.6 is 0 Å². The molecule has 0 fully saturated rings. The Morgan fingerprint density at radius 3 is 1.79 bits per heavy atom. The Kier molecular flexibility index (Phi) is 7.67. The molecule has 0 unspecified atom stereocenters. The largest absolute Gasteiger partial charge is 0.494 e. The monoisotopic (exact) mass is 529 g/mol. The Morgan fingerprint density at radius 1 is 0.718 bits per heavy atom. The third kappa shape index (κ3) is 7.16. The van der Waals surface area contributed by atoms with E-state index in [1.807, 2.05) is 109 Å². The Bertz CT molecular complexity index is 1520. The summed E-state index contributed by atoms with van der Waals surface area (Å²) < 4.78 is 16.4. The first kappa shape index (κ1) is 27.7. The van der Waals surface area contributed by atoms with Crippen LogP contribution < -0.4 is 15.4 Å². The molecule has 0 aliphatic heterocycles. The number of pyridine rings is 1. The van der Waals surface area contributed by atoms with E-state index < -0.39 is 23.4 Å². The Labute approximate surface area is 228 Å². The van der Waals surface area contributed by atoms with Crippen LogP contribution in [0.25, 0.3) is 32.9 Å². The quantitative estimate of drug-likeness (QED) is 0.253. The minimum Gasteiger partial charge on any atom is -0.494 e. The van der Waals surface area contributed by atoms with E-state index in [0.29, 0.717) is 23.5 Å². The van der Waals surface area contributed by atoms with Gasteiger partial charge < -0.3 is 14.2 Å². The molecule has 39 heavy (non-hydrogen) atoms. The molecule has 2 amide bonds. The van der Waals surface area contributed by atoms with Gasteiger partial charge in [0, 0.05) is 27.7 Å². The third-order valence-corrected chi connectivity index (χ3v) is 5.52. The number of fused-ring (bicyclic) bond motifs is 3. The van der Waals surface area contributed by atoms with Crippen molar-refractivity contribution in [2.45, 2.75) is 59.7 Å². The fraction of sp³-hybridized carbons (Fsp3) is 0.323. The van der Waals surface area contributed by atoms with E-state index in [1.54, 1.807) is 0 Å². The highest BCUT2D eigenvalue weighted by Gasteiger charge is 2.19. The van der Waals surface area contributed by atoms with Crippen molar-refractivity contribution in [3.63, 3.8) is 0 Å². The number of carbonyl (C=O) groups is 2. The second-order valence-corrected chi connectivity index (χ2v) is 11.2. The van der Waals surface area contributed by atoms with E-state index in [9.17, 15) is 9.59 Å². The maximum Gasteiger partial charge on any atom is 0.412 e. The number of rotatable bonds is 5. The van der Waals surface area contributed by atoms with Gasteiger partial charge in [-0.05, 0) is 102 Å². The molecule has 4 aromatic rings. The first-order valence-electron chi connectivity index (χ1n) is 12.9. The lowest BCUT2D eigenvalue weighted by molar-refractivity contribution is 0.0624. The number of benzene rings is 3. The normalized spacial score (nSPS) is 11.8. The van der Waals surface area contributed by atoms with Gasteiger partial charge in [-0.1, -0.05) is 12.1 Å². The van der Waals surface area contributed by atoms with E-state index in [1.165, 1.54) is 0 Å². The lowest BCUT2D eigenvalue weighted by Crippen LogP contribution is -2.27. The highest BCUT2D eigenvalue weighted by Crippen LogP contribution is 2.36. The summed E-state index contributed by atoms with van der Waals surface area (Å²) >= 11 is 0. The van der Waals surface area contributed by atoms with E-state index >= 15 is 0 Å². The Hall–Kier alpha value is -4.33. The van der Waals surface area contributed by atoms with Crippen LogP contribution in [0.2, 0.25) is 0 Å². The Morgan fingerprint density at radius 2 is 1.26 bits per heavy atom. The topological polar surface area (TPSA) is 98.8 Å². The molecule has 8 heteroatoms. The van der Waals surface area contributed by atoms with Gasteiger partial charge in [0.15, 0.2) is 0 Å². The summed E-state index contributed by atoms with van der Waals surface area (Å²) in [5, 5.41) is 8.31. The van der Waals surface area contributed by atoms with Crippen molar-refractivity contribution in [1.29, 1.82) is 0 Å². The zero-order chi connectivity index (χ0) is 28.4. The van der Waals surface area contributed by atoms with Gasteiger partial charge in [0.25, 0.3) is 0 Å². The number of ether oxygens (including phenoxy) is 3. The number of aromatic nitrogens is 1. The fourth-order valence-electron chi connectivity index (χ4n) is 4.10. The summed E-state index contributed by atoms with van der Waals surface area (Å²) in [6, 6.07) is 18.9. The maximum atomic E-state index is 12.4. The van der Waals surface area contributed by atoms with Crippen LogP contribution in [0, 0.1) is 0 Å². The van der Waals surface area contributed by atoms with Crippen molar-refractivity contribution in [3.8, 4) is 17.0 Å². The van der Waals surface area contributed by atoms with Crippen molar-refractivity contribution >= 4 is 45.2 Å². The van der Waals surface area contributed by atoms with Gasteiger partial charge in [0.2, 0.25) is 0 Å². The second-order valence-electron chi connectivity index (χ2n) is 11.2. The molecule has 0 bridgehead atoms. The minimum atomic E-state index is -0.614. The molecule has 0 saturated heterocycles. The molecule has 4 rings (SSSR count). The molecule has 1 heterocycles. The van der Waals surface area contributed by atoms with Crippen LogP contribution in [0.1, 0.15) is 48.5 Å². The first-order valence-corrected chi connectivity index (χ1v) is 12.9. The number of hydrogen-bond donors (Lipinski definition) is 2. The number of carbonyl (C=O) groups excluding carboxylic acids is 2. The van der Waals surface area contributed by atoms with Crippen LogP contribution in [0.15, 0.2) is 60.7 Å². The second kappa shape index (κ2) is 10.8. The summed E-state index contributed by atoms with van der Waals surface area (Å²) in [4.78, 5) is 29.8. The summed E-state index contributed by atoms with van der Waals surface area (Å²) in [7, 11) is 0. The highest BCUT2D eigenvalue weighted by molar-refractivity contribution is 6.13. The molecule has 3 aromatic carbocycles. The van der Waals surface area contributed by atoms with E-state index in [0.717, 1.165) is 33.2 Å². The van der Waals surface area contributed by atoms with Crippen molar-refractivity contribution in [2.75, 3.05) is 17.2 Å². The molecule has 2 N–H and O–H groups in total. The number of anilines is 2. The smallest absolute Gasteiger partial charge is 0.412 e. The van der Waals surface area contributed by atoms with Crippen molar-refractivity contribution in [1.82, 2.24) is 4.98 Å². The molecule has 0 aliphatic carbocycles. The molecule has 1 aromatic heterocycles. The van der Waals surface area contributed by atoms with E-state index in [4.69, 9.17) is 19.2 Å². The van der Waals surface area contributed by atoms with Gasteiger partial charge in [0.1, 0.15) is 17.0 Å². The molecule has 0 aliphatic rings. The van der Waals surface area contributed by atoms with Crippen molar-refractivity contribution in [3.05, 3.63) is 60.7 Å². The van der Waals surface area contributed by atoms with E-state index in [-0.39, 0.29) is 0 Å². The fourth-order valence-corrected chi connectivity index (χ4v) is 4.10. The molecular weight excluding hydrogens is 494 g/mol. The minimum absolute atomic E-state index is 0.531. The van der Waals surface area contributed by atoms with Gasteiger partial charge in [0.05, 0.1) is 17.8 Å². The Balaban J connectivity index is 1.81. The summed E-state index contributed by atoms with van der Waals surface area (Å²) in [5.41, 5.74) is 2.25. The third-order valence-electron chi connectivity index (χ3n) is 5.52. The van der Waals surface area contributed by atoms with Gasteiger partial charge in [-0.3, -0.25) is 10.6 Å². The zero-order valence-electron chi connectivity index (χ0n) is 23.5. The first-order chi connectivity index (χ1) is 18.3. The predicted octanol–water partition coefficient (Wildman–Crippen LogP) is 8.15. The van der Waals surface area contributed by atoms with Crippen molar-refractivity contribution < 1.29 is 23.8 Å². The molecule has 0 spiro atoms. The molecule has 0 saturated carbocycles. The van der Waals surface area contributed by atoms with Gasteiger partial charge in [-0.25, -0.2) is 14.6 Å². The summed E-state index contributed by atoms with van der Waals surface area (Å²) in [6.45, 7) is 13.4. The lowest BCUT2D eigenvalue weighted by Gasteiger charge is -2.20. The summed E-state index contributed by atoms with van der Waals surface area (Å²) in [6.07, 6.45) is -1.07. The predicted molar refractivity (Wildman–Crippen MR) is 156 cm³/mol. The van der Waals surface area contributed by atoms with Crippen LogP contribution in [0.5, 0.6) is 5.75 Å². The average Bonchev–Trinajstić information content (AvgIpc) is 2.81. The lowest BCUT2D eigenvalue weighted by atomic mass is 9.99. The van der Waals surface area contributed by atoms with Crippen LogP contribution in [0.3, 0.4) is 0 Å². The number of nitrogens with zero attached hydrogens (tertiary/aromatic N) is 1. The molecule has 0 radical (unpaired) electrons. The number of amides is 2. The van der Waals surface area contributed by atoms with Crippen LogP contribution in [0.4, 0.5) is 21.0 Å². The standard InChI is InChI=1S/C31H35N3O5/c1-8-37-22-13-9-19(10-14-22)27-25-17-20(32-28(35)38-30(2,3)4)11-15-23(25)24-16-12-21(18-26(24)34-27)33-29(36)39-31(5,6)7/h9-18H,8H2,1-7H3,(H,32,35)(H,33,36). The zero-order valence-corrected chi connectivity index (χ0v) is 23.5. The molecular formula is C31H35N3O5. The van der Waals surface area contributed by atoms with Crippen LogP contribution in [-0.2, 0) is 9.47 Å². The maximum absolute atomic E-state index is 12.4. The summed E-state index contributed by atoms with van der Waals surface area (Å²) in [5.74, 6) is 0.766. The number of nitrogens with one attached hydrogen (secondary N) is 2. The average molecular weight is 530 g/mol. The number of hydrogen-bond acceptors (Lipinski definition) is 6. The highest BCUT2D eigenvalue weighted by atomic mass is 16.6. The van der Waals surface area contributed by atoms with Crippen molar-refractivity contribution in [2.24, 2.45) is 0 Å². The molecule has 204 valence electrons. The van der Waals surface area contributed by atoms with Crippen LogP contribution in [-0.4, -0.2) is 35.0 Å².